The molecule has 1 rings (SSSR count). The number of aliphatic hydroxyl groups is 1. The molecule has 0 aliphatic rings. The highest BCUT2D eigenvalue weighted by Crippen LogP contribution is 2.27. The lowest BCUT2D eigenvalue weighted by atomic mass is 10.0. The number of carbonyl (C=O) groups is 1. The number of rotatable bonds is 5. The van der Waals surface area contributed by atoms with Crippen LogP contribution in [0, 0.1) is 0 Å². The number of nitrogens with zero attached hydrogens (tertiary/aromatic N) is 1. The number of aliphatic hydroxyl groups excluding tert-OH is 1. The molecule has 1 atom stereocenters. The summed E-state index contributed by atoms with van der Waals surface area (Å²) in [5.74, 6) is -0.231. The van der Waals surface area contributed by atoms with Crippen molar-refractivity contribution < 1.29 is 19.4 Å². The fourth-order valence-electron chi connectivity index (χ4n) is 1.70. The molecule has 0 aromatic heterocycles. The molecule has 0 radical (unpaired) electrons. The van der Waals surface area contributed by atoms with Gasteiger partial charge in [-0.1, -0.05) is 6.07 Å². The summed E-state index contributed by atoms with van der Waals surface area (Å²) < 4.78 is 9.67. The van der Waals surface area contributed by atoms with Crippen molar-refractivity contribution in [2.75, 3.05) is 28.3 Å². The van der Waals surface area contributed by atoms with E-state index in [0.29, 0.717) is 17.9 Å². The van der Waals surface area contributed by atoms with Gasteiger partial charge in [-0.05, 0) is 31.8 Å². The molecule has 0 aliphatic carbocycles. The summed E-state index contributed by atoms with van der Waals surface area (Å²) in [6.45, 7) is 0.713. The van der Waals surface area contributed by atoms with Gasteiger partial charge in [-0.3, -0.25) is 0 Å². The molecule has 1 aromatic rings. The third-order valence-corrected chi connectivity index (χ3v) is 2.51. The Hall–Kier alpha value is -1.59. The van der Waals surface area contributed by atoms with E-state index >= 15 is 0 Å². The molecule has 100 valence electrons. The van der Waals surface area contributed by atoms with Crippen molar-refractivity contribution in [3.8, 4) is 5.75 Å². The maximum atomic E-state index is 11.4. The SMILES string of the molecule is COC(=O)C(O)c1cc(CN(C)C)ccc1OC. The molecule has 1 N–H and O–H groups in total. The predicted molar refractivity (Wildman–Crippen MR) is 67.4 cm³/mol. The van der Waals surface area contributed by atoms with Crippen LogP contribution in [-0.2, 0) is 16.1 Å². The molecule has 0 spiro atoms. The highest BCUT2D eigenvalue weighted by atomic mass is 16.5. The average Bonchev–Trinajstić information content (AvgIpc) is 2.36. The normalized spacial score (nSPS) is 12.3. The molecular formula is C13H19NO4. The van der Waals surface area contributed by atoms with Crippen molar-refractivity contribution in [2.24, 2.45) is 0 Å². The van der Waals surface area contributed by atoms with E-state index in [1.807, 2.05) is 25.1 Å². The highest BCUT2D eigenvalue weighted by molar-refractivity contribution is 5.77. The van der Waals surface area contributed by atoms with Crippen molar-refractivity contribution in [3.05, 3.63) is 29.3 Å². The number of ether oxygens (including phenoxy) is 2. The summed E-state index contributed by atoms with van der Waals surface area (Å²) in [6, 6.07) is 5.38. The lowest BCUT2D eigenvalue weighted by Crippen LogP contribution is -2.16. The van der Waals surface area contributed by atoms with Crippen LogP contribution in [0.3, 0.4) is 0 Å². The zero-order chi connectivity index (χ0) is 13.7. The maximum Gasteiger partial charge on any atom is 0.339 e. The van der Waals surface area contributed by atoms with Crippen molar-refractivity contribution in [1.82, 2.24) is 4.90 Å². The van der Waals surface area contributed by atoms with Gasteiger partial charge in [0.2, 0.25) is 0 Å². The highest BCUT2D eigenvalue weighted by Gasteiger charge is 2.22. The van der Waals surface area contributed by atoms with Crippen molar-refractivity contribution >= 4 is 5.97 Å². The van der Waals surface area contributed by atoms with Crippen LogP contribution in [0.5, 0.6) is 5.75 Å². The van der Waals surface area contributed by atoms with Gasteiger partial charge in [0.25, 0.3) is 0 Å². The summed E-state index contributed by atoms with van der Waals surface area (Å²) >= 11 is 0. The largest absolute Gasteiger partial charge is 0.496 e. The van der Waals surface area contributed by atoms with Gasteiger partial charge in [-0.25, -0.2) is 4.79 Å². The van der Waals surface area contributed by atoms with Gasteiger partial charge in [-0.15, -0.1) is 0 Å². The quantitative estimate of drug-likeness (QED) is 0.792. The fourth-order valence-corrected chi connectivity index (χ4v) is 1.70. The van der Waals surface area contributed by atoms with Crippen molar-refractivity contribution in [3.63, 3.8) is 0 Å². The van der Waals surface area contributed by atoms with Crippen molar-refractivity contribution in [2.45, 2.75) is 12.6 Å². The Morgan fingerprint density at radius 2 is 2.06 bits per heavy atom. The number of methoxy groups -OCH3 is 2. The molecule has 0 amide bonds. The van der Waals surface area contributed by atoms with Crippen LogP contribution in [0.1, 0.15) is 17.2 Å². The summed E-state index contributed by atoms with van der Waals surface area (Å²) in [5, 5.41) is 9.89. The molecule has 5 heteroatoms. The number of benzene rings is 1. The van der Waals surface area contributed by atoms with Crippen LogP contribution in [0.2, 0.25) is 0 Å². The Balaban J connectivity index is 3.09. The Bertz CT molecular complexity index is 417. The second-order valence-corrected chi connectivity index (χ2v) is 4.24. The Kier molecular flexibility index (Phi) is 5.12. The Morgan fingerprint density at radius 1 is 1.39 bits per heavy atom. The minimum Gasteiger partial charge on any atom is -0.496 e. The molecule has 0 aliphatic heterocycles. The molecule has 0 heterocycles. The zero-order valence-corrected chi connectivity index (χ0v) is 11.1. The van der Waals surface area contributed by atoms with E-state index in [2.05, 4.69) is 4.74 Å². The second kappa shape index (κ2) is 6.37. The lowest BCUT2D eigenvalue weighted by molar-refractivity contribution is -0.150. The topological polar surface area (TPSA) is 59.0 Å². The van der Waals surface area contributed by atoms with E-state index in [1.54, 1.807) is 12.1 Å². The number of esters is 1. The van der Waals surface area contributed by atoms with Crippen LogP contribution < -0.4 is 4.74 Å². The van der Waals surface area contributed by atoms with Crippen LogP contribution in [0.25, 0.3) is 0 Å². The minimum absolute atomic E-state index is 0.420. The summed E-state index contributed by atoms with van der Waals surface area (Å²) in [5.41, 5.74) is 1.41. The Labute approximate surface area is 107 Å². The van der Waals surface area contributed by atoms with E-state index < -0.39 is 12.1 Å². The monoisotopic (exact) mass is 253 g/mol. The lowest BCUT2D eigenvalue weighted by Gasteiger charge is -2.16. The molecule has 0 saturated carbocycles. The molecule has 0 fully saturated rings. The molecular weight excluding hydrogens is 234 g/mol. The first-order valence-electron chi connectivity index (χ1n) is 5.57. The standard InChI is InChI=1S/C13H19NO4/c1-14(2)8-9-5-6-11(17-3)10(7-9)12(15)13(16)18-4/h5-7,12,15H,8H2,1-4H3. The van der Waals surface area contributed by atoms with Crippen LogP contribution >= 0.6 is 0 Å². The molecule has 18 heavy (non-hydrogen) atoms. The summed E-state index contributed by atoms with van der Waals surface area (Å²) in [7, 11) is 6.62. The minimum atomic E-state index is -1.33. The third-order valence-electron chi connectivity index (χ3n) is 2.51. The van der Waals surface area contributed by atoms with E-state index in [-0.39, 0.29) is 0 Å². The van der Waals surface area contributed by atoms with Gasteiger partial charge in [-0.2, -0.15) is 0 Å². The third kappa shape index (κ3) is 3.45. The predicted octanol–water partition coefficient (Wildman–Crippen LogP) is 0.963. The maximum absolute atomic E-state index is 11.4. The fraction of sp³-hybridized carbons (Fsp3) is 0.462. The molecule has 0 saturated heterocycles. The number of hydrogen-bond acceptors (Lipinski definition) is 5. The molecule has 1 aromatic carbocycles. The first-order valence-corrected chi connectivity index (χ1v) is 5.57. The Morgan fingerprint density at radius 3 is 2.56 bits per heavy atom. The summed E-state index contributed by atoms with van der Waals surface area (Å²) in [4.78, 5) is 13.4. The van der Waals surface area contributed by atoms with E-state index in [0.717, 1.165) is 5.56 Å². The van der Waals surface area contributed by atoms with Crippen LogP contribution in [-0.4, -0.2) is 44.3 Å². The van der Waals surface area contributed by atoms with Gasteiger partial charge in [0.1, 0.15) is 5.75 Å². The van der Waals surface area contributed by atoms with Crippen molar-refractivity contribution in [1.29, 1.82) is 0 Å². The van der Waals surface area contributed by atoms with Crippen LogP contribution in [0.4, 0.5) is 0 Å². The molecule has 1 unspecified atom stereocenters. The van der Waals surface area contributed by atoms with Gasteiger partial charge in [0.05, 0.1) is 14.2 Å². The first kappa shape index (κ1) is 14.5. The molecule has 5 nitrogen and oxygen atoms in total. The average molecular weight is 253 g/mol. The van der Waals surface area contributed by atoms with E-state index in [9.17, 15) is 9.90 Å². The van der Waals surface area contributed by atoms with Gasteiger partial charge in [0.15, 0.2) is 6.10 Å². The second-order valence-electron chi connectivity index (χ2n) is 4.24. The van der Waals surface area contributed by atoms with E-state index in [1.165, 1.54) is 14.2 Å². The van der Waals surface area contributed by atoms with E-state index in [4.69, 9.17) is 4.74 Å². The van der Waals surface area contributed by atoms with Crippen LogP contribution in [0.15, 0.2) is 18.2 Å². The van der Waals surface area contributed by atoms with Gasteiger partial charge >= 0.3 is 5.97 Å². The zero-order valence-electron chi connectivity index (χ0n) is 11.1. The van der Waals surface area contributed by atoms with Gasteiger partial charge in [0, 0.05) is 12.1 Å². The van der Waals surface area contributed by atoms with Gasteiger partial charge < -0.3 is 19.5 Å². The summed E-state index contributed by atoms with van der Waals surface area (Å²) in [6.07, 6.45) is -1.33. The molecule has 0 bridgehead atoms. The number of carbonyl (C=O) groups excluding carboxylic acids is 1. The first-order chi connectivity index (χ1) is 8.49. The number of hydrogen-bond donors (Lipinski definition) is 1. The smallest absolute Gasteiger partial charge is 0.339 e.